The lowest BCUT2D eigenvalue weighted by atomic mass is 10.4. The molecule has 1 aromatic rings. The van der Waals surface area contributed by atoms with E-state index in [-0.39, 0.29) is 9.90 Å². The van der Waals surface area contributed by atoms with Crippen LogP contribution in [-0.4, -0.2) is 28.6 Å². The summed E-state index contributed by atoms with van der Waals surface area (Å²) in [6.07, 6.45) is 0. The first-order valence-electron chi connectivity index (χ1n) is 5.76. The molecule has 1 aromatic carbocycles. The summed E-state index contributed by atoms with van der Waals surface area (Å²) < 4.78 is 17.4. The van der Waals surface area contributed by atoms with Crippen LogP contribution in [0.25, 0.3) is 0 Å². The predicted molar refractivity (Wildman–Crippen MR) is 77.8 cm³/mol. The van der Waals surface area contributed by atoms with Gasteiger partial charge in [0.1, 0.15) is 0 Å². The topological polar surface area (TPSA) is 27.7 Å². The minimum Gasteiger partial charge on any atom is -0.370 e. The molecular formula is C12H23O3PSi. The lowest BCUT2D eigenvalue weighted by molar-refractivity contribution is 0.0859. The first-order valence-corrected chi connectivity index (χ1v) is 7.49. The second-order valence-electron chi connectivity index (χ2n) is 3.22. The minimum atomic E-state index is -2.67. The summed E-state index contributed by atoms with van der Waals surface area (Å²) in [5, 5.41) is 1.03. The van der Waals surface area contributed by atoms with Crippen molar-refractivity contribution in [2.75, 3.05) is 19.8 Å². The average Bonchev–Trinajstić information content (AvgIpc) is 2.31. The van der Waals surface area contributed by atoms with Gasteiger partial charge in [0.2, 0.25) is 0 Å². The zero-order chi connectivity index (χ0) is 11.9. The molecule has 0 heterocycles. The molecule has 0 N–H and O–H groups in total. The Bertz CT molecular complexity index is 278. The molecule has 0 spiro atoms. The normalized spacial score (nSPS) is 11.0. The molecule has 0 aliphatic heterocycles. The van der Waals surface area contributed by atoms with E-state index < -0.39 is 8.80 Å². The molecule has 0 bridgehead atoms. The summed E-state index contributed by atoms with van der Waals surface area (Å²) in [6, 6.07) is 9.95. The van der Waals surface area contributed by atoms with Crippen molar-refractivity contribution in [3.8, 4) is 0 Å². The monoisotopic (exact) mass is 274 g/mol. The van der Waals surface area contributed by atoms with Crippen LogP contribution < -0.4 is 5.19 Å². The Morgan fingerprint density at radius 1 is 0.824 bits per heavy atom. The van der Waals surface area contributed by atoms with Gasteiger partial charge in [-0.2, -0.15) is 9.90 Å². The fraction of sp³-hybridized carbons (Fsp3) is 0.500. The highest BCUT2D eigenvalue weighted by Gasteiger charge is 2.42. The van der Waals surface area contributed by atoms with Crippen LogP contribution in [0.3, 0.4) is 0 Å². The molecular weight excluding hydrogens is 251 g/mol. The van der Waals surface area contributed by atoms with Gasteiger partial charge in [-0.15, -0.1) is 0 Å². The van der Waals surface area contributed by atoms with E-state index in [1.54, 1.807) is 0 Å². The zero-order valence-corrected chi connectivity index (χ0v) is 13.4. The SMILES string of the molecule is CCO[Si](OCC)(OCC)c1ccccc1.P. The standard InChI is InChI=1S/C12H20O3Si.H3P/c1-4-13-16(14-5-2,15-6-3)12-10-8-7-9-11-12;/h7-11H,4-6H2,1-3H3;1H3. The number of hydrogen-bond acceptors (Lipinski definition) is 3. The Kier molecular flexibility index (Phi) is 8.65. The van der Waals surface area contributed by atoms with Gasteiger partial charge in [-0.3, -0.25) is 0 Å². The Morgan fingerprint density at radius 3 is 1.59 bits per heavy atom. The number of rotatable bonds is 7. The van der Waals surface area contributed by atoms with E-state index in [1.807, 2.05) is 51.1 Å². The fourth-order valence-corrected chi connectivity index (χ4v) is 4.08. The molecule has 0 saturated heterocycles. The average molecular weight is 274 g/mol. The number of hydrogen-bond donors (Lipinski definition) is 0. The largest absolute Gasteiger partial charge is 0.537 e. The molecule has 0 radical (unpaired) electrons. The molecule has 1 atom stereocenters. The van der Waals surface area contributed by atoms with Crippen molar-refractivity contribution < 1.29 is 13.3 Å². The van der Waals surface area contributed by atoms with Gasteiger partial charge >= 0.3 is 8.80 Å². The highest BCUT2D eigenvalue weighted by molar-refractivity contribution is 6.92. The van der Waals surface area contributed by atoms with Gasteiger partial charge in [-0.05, 0) is 20.8 Å². The van der Waals surface area contributed by atoms with Crippen molar-refractivity contribution in [2.24, 2.45) is 0 Å². The van der Waals surface area contributed by atoms with Crippen LogP contribution in [0.4, 0.5) is 0 Å². The quantitative estimate of drug-likeness (QED) is 0.562. The molecule has 5 heteroatoms. The van der Waals surface area contributed by atoms with Crippen LogP contribution in [0.2, 0.25) is 0 Å². The number of benzene rings is 1. The van der Waals surface area contributed by atoms with Gasteiger partial charge < -0.3 is 13.3 Å². The third kappa shape index (κ3) is 4.49. The van der Waals surface area contributed by atoms with Crippen LogP contribution in [0.1, 0.15) is 20.8 Å². The van der Waals surface area contributed by atoms with Gasteiger partial charge in [0.05, 0.1) is 0 Å². The molecule has 17 heavy (non-hydrogen) atoms. The van der Waals surface area contributed by atoms with Gasteiger partial charge in [-0.1, -0.05) is 30.3 Å². The van der Waals surface area contributed by atoms with Gasteiger partial charge in [0.25, 0.3) is 0 Å². The van der Waals surface area contributed by atoms with Crippen molar-refractivity contribution in [3.05, 3.63) is 30.3 Å². The molecule has 3 nitrogen and oxygen atoms in total. The first-order chi connectivity index (χ1) is 7.79. The van der Waals surface area contributed by atoms with Crippen molar-refractivity contribution in [1.82, 2.24) is 0 Å². The predicted octanol–water partition coefficient (Wildman–Crippen LogP) is 2.00. The van der Waals surface area contributed by atoms with E-state index in [2.05, 4.69) is 0 Å². The maximum absolute atomic E-state index is 5.79. The van der Waals surface area contributed by atoms with Crippen LogP contribution in [-0.2, 0) is 13.3 Å². The van der Waals surface area contributed by atoms with Crippen LogP contribution in [0, 0.1) is 0 Å². The molecule has 0 fully saturated rings. The molecule has 0 aliphatic rings. The van der Waals surface area contributed by atoms with Crippen LogP contribution in [0.15, 0.2) is 30.3 Å². The molecule has 0 amide bonds. The molecule has 0 saturated carbocycles. The van der Waals surface area contributed by atoms with Crippen molar-refractivity contribution >= 4 is 23.9 Å². The Balaban J connectivity index is 0.00000256. The van der Waals surface area contributed by atoms with Crippen molar-refractivity contribution in [2.45, 2.75) is 20.8 Å². The Morgan fingerprint density at radius 2 is 1.24 bits per heavy atom. The molecule has 0 aliphatic carbocycles. The molecule has 1 unspecified atom stereocenters. The highest BCUT2D eigenvalue weighted by Crippen LogP contribution is 2.10. The maximum atomic E-state index is 5.79. The lowest BCUT2D eigenvalue weighted by Gasteiger charge is -2.28. The van der Waals surface area contributed by atoms with E-state index in [0.717, 1.165) is 5.19 Å². The smallest absolute Gasteiger partial charge is 0.370 e. The van der Waals surface area contributed by atoms with E-state index in [9.17, 15) is 0 Å². The summed E-state index contributed by atoms with van der Waals surface area (Å²) in [4.78, 5) is 0. The Hall–Kier alpha value is -0.253. The van der Waals surface area contributed by atoms with Crippen LogP contribution in [0.5, 0.6) is 0 Å². The van der Waals surface area contributed by atoms with Crippen molar-refractivity contribution in [1.29, 1.82) is 0 Å². The van der Waals surface area contributed by atoms with Gasteiger partial charge in [0, 0.05) is 25.0 Å². The second kappa shape index (κ2) is 8.78. The van der Waals surface area contributed by atoms with E-state index >= 15 is 0 Å². The molecule has 0 aromatic heterocycles. The lowest BCUT2D eigenvalue weighted by Crippen LogP contribution is -2.56. The van der Waals surface area contributed by atoms with Gasteiger partial charge in [0.15, 0.2) is 0 Å². The third-order valence-electron chi connectivity index (χ3n) is 2.13. The van der Waals surface area contributed by atoms with Gasteiger partial charge in [-0.25, -0.2) is 0 Å². The van der Waals surface area contributed by atoms with E-state index in [1.165, 1.54) is 0 Å². The summed E-state index contributed by atoms with van der Waals surface area (Å²) in [7, 11) is -2.67. The molecule has 1 rings (SSSR count). The first kappa shape index (κ1) is 16.7. The van der Waals surface area contributed by atoms with E-state index in [4.69, 9.17) is 13.3 Å². The summed E-state index contributed by atoms with van der Waals surface area (Å²) >= 11 is 0. The summed E-state index contributed by atoms with van der Waals surface area (Å²) in [5.41, 5.74) is 0. The minimum absolute atomic E-state index is 0. The van der Waals surface area contributed by atoms with Crippen molar-refractivity contribution in [3.63, 3.8) is 0 Å². The fourth-order valence-electron chi connectivity index (χ4n) is 1.59. The molecule has 98 valence electrons. The Labute approximate surface area is 108 Å². The zero-order valence-electron chi connectivity index (χ0n) is 10.9. The highest BCUT2D eigenvalue weighted by atomic mass is 31.0. The maximum Gasteiger partial charge on any atom is 0.537 e. The van der Waals surface area contributed by atoms with Crippen LogP contribution >= 0.6 is 9.90 Å². The summed E-state index contributed by atoms with van der Waals surface area (Å²) in [5.74, 6) is 0. The van der Waals surface area contributed by atoms with E-state index in [0.29, 0.717) is 19.8 Å². The third-order valence-corrected chi connectivity index (χ3v) is 5.18. The second-order valence-corrected chi connectivity index (χ2v) is 5.78. The summed E-state index contributed by atoms with van der Waals surface area (Å²) in [6.45, 7) is 7.68.